The zero-order valence-electron chi connectivity index (χ0n) is 18.4. The number of hydrogen-bond donors (Lipinski definition) is 1. The molecule has 0 atom stereocenters. The standard InChI is InChI=1S/C26H33NO/c1-24(2,3)17-8-10-18(11-9-17)27-19-12-13-21-20(16-19)22-23(28-21)26(6,7)15-14-25(22,4)5/h8-13,16,27H,14-15H2,1-7H3. The summed E-state index contributed by atoms with van der Waals surface area (Å²) in [5.41, 5.74) is 6.38. The minimum atomic E-state index is 0.0975. The normalized spacial score (nSPS) is 18.1. The summed E-state index contributed by atoms with van der Waals surface area (Å²) in [6.45, 7) is 16.0. The first-order chi connectivity index (χ1) is 13.0. The lowest BCUT2D eigenvalue weighted by Gasteiger charge is -2.38. The molecule has 1 aromatic heterocycles. The minimum absolute atomic E-state index is 0.0975. The smallest absolute Gasteiger partial charge is 0.134 e. The van der Waals surface area contributed by atoms with Crippen molar-refractivity contribution in [3.05, 3.63) is 59.4 Å². The zero-order valence-corrected chi connectivity index (χ0v) is 18.4. The molecule has 2 heteroatoms. The van der Waals surface area contributed by atoms with Crippen LogP contribution in [0.1, 0.15) is 78.2 Å². The third-order valence-corrected chi connectivity index (χ3v) is 6.39. The molecule has 0 saturated heterocycles. The Morgan fingerprint density at radius 2 is 1.43 bits per heavy atom. The molecule has 0 saturated carbocycles. The van der Waals surface area contributed by atoms with Gasteiger partial charge in [-0.1, -0.05) is 60.6 Å². The number of anilines is 2. The molecule has 0 amide bonds. The maximum absolute atomic E-state index is 6.37. The van der Waals surface area contributed by atoms with Gasteiger partial charge in [0.25, 0.3) is 0 Å². The van der Waals surface area contributed by atoms with Crippen molar-refractivity contribution in [2.45, 2.75) is 77.6 Å². The predicted molar refractivity (Wildman–Crippen MR) is 120 cm³/mol. The summed E-state index contributed by atoms with van der Waals surface area (Å²) in [6.07, 6.45) is 2.35. The molecule has 2 aromatic carbocycles. The third-order valence-electron chi connectivity index (χ3n) is 6.39. The number of furan rings is 1. The van der Waals surface area contributed by atoms with Crippen molar-refractivity contribution in [3.63, 3.8) is 0 Å². The van der Waals surface area contributed by atoms with E-state index in [1.165, 1.54) is 28.7 Å². The maximum Gasteiger partial charge on any atom is 0.134 e. The van der Waals surface area contributed by atoms with Crippen LogP contribution in [0.5, 0.6) is 0 Å². The largest absolute Gasteiger partial charge is 0.460 e. The van der Waals surface area contributed by atoms with Crippen LogP contribution in [-0.2, 0) is 16.2 Å². The second kappa shape index (κ2) is 6.14. The van der Waals surface area contributed by atoms with E-state index in [0.29, 0.717) is 0 Å². The molecule has 28 heavy (non-hydrogen) atoms. The van der Waals surface area contributed by atoms with Crippen molar-refractivity contribution in [1.29, 1.82) is 0 Å². The summed E-state index contributed by atoms with van der Waals surface area (Å²) in [4.78, 5) is 0. The summed E-state index contributed by atoms with van der Waals surface area (Å²) in [5, 5.41) is 4.83. The summed E-state index contributed by atoms with van der Waals surface area (Å²) >= 11 is 0. The molecule has 148 valence electrons. The SMILES string of the molecule is CC(C)(C)c1ccc(Nc2ccc3oc4c(c3c2)C(C)(C)CCC4(C)C)cc1. The molecule has 3 aromatic rings. The second-order valence-corrected chi connectivity index (χ2v) is 10.7. The summed E-state index contributed by atoms with van der Waals surface area (Å²) in [7, 11) is 0. The molecule has 0 fully saturated rings. The van der Waals surface area contributed by atoms with Crippen LogP contribution in [-0.4, -0.2) is 0 Å². The van der Waals surface area contributed by atoms with E-state index in [4.69, 9.17) is 4.42 Å². The fraction of sp³-hybridized carbons (Fsp3) is 0.462. The lowest BCUT2D eigenvalue weighted by molar-refractivity contribution is 0.284. The lowest BCUT2D eigenvalue weighted by atomic mass is 9.66. The van der Waals surface area contributed by atoms with Gasteiger partial charge >= 0.3 is 0 Å². The van der Waals surface area contributed by atoms with E-state index in [2.05, 4.69) is 96.2 Å². The number of hydrogen-bond acceptors (Lipinski definition) is 2. The number of nitrogens with one attached hydrogen (secondary N) is 1. The molecule has 0 spiro atoms. The topological polar surface area (TPSA) is 25.2 Å². The maximum atomic E-state index is 6.37. The molecule has 1 aliphatic rings. The van der Waals surface area contributed by atoms with Crippen LogP contribution in [0, 0.1) is 0 Å². The van der Waals surface area contributed by atoms with Gasteiger partial charge in [0.1, 0.15) is 11.3 Å². The van der Waals surface area contributed by atoms with E-state index < -0.39 is 0 Å². The molecule has 0 aliphatic heterocycles. The van der Waals surface area contributed by atoms with Crippen LogP contribution >= 0.6 is 0 Å². The van der Waals surface area contributed by atoms with Crippen molar-refractivity contribution in [2.24, 2.45) is 0 Å². The van der Waals surface area contributed by atoms with E-state index in [1.807, 2.05) is 0 Å². The number of fused-ring (bicyclic) bond motifs is 3. The molecule has 4 rings (SSSR count). The van der Waals surface area contributed by atoms with Gasteiger partial charge in [0.2, 0.25) is 0 Å². The highest BCUT2D eigenvalue weighted by Gasteiger charge is 2.41. The van der Waals surface area contributed by atoms with Crippen molar-refractivity contribution in [3.8, 4) is 0 Å². The molecule has 1 N–H and O–H groups in total. The van der Waals surface area contributed by atoms with Crippen LogP contribution in [0.2, 0.25) is 0 Å². The lowest BCUT2D eigenvalue weighted by Crippen LogP contribution is -2.32. The number of rotatable bonds is 2. The van der Waals surface area contributed by atoms with Gasteiger partial charge in [-0.2, -0.15) is 0 Å². The quantitative estimate of drug-likeness (QED) is 0.494. The molecule has 0 radical (unpaired) electrons. The molecule has 1 aliphatic carbocycles. The average molecular weight is 376 g/mol. The summed E-state index contributed by atoms with van der Waals surface area (Å²) in [6, 6.07) is 15.3. The Morgan fingerprint density at radius 1 is 0.821 bits per heavy atom. The monoisotopic (exact) mass is 375 g/mol. The van der Waals surface area contributed by atoms with Gasteiger partial charge in [0, 0.05) is 27.7 Å². The molecule has 1 heterocycles. The van der Waals surface area contributed by atoms with Gasteiger partial charge in [-0.15, -0.1) is 0 Å². The zero-order chi connectivity index (χ0) is 20.3. The molecular weight excluding hydrogens is 342 g/mol. The van der Waals surface area contributed by atoms with Crippen LogP contribution in [0.4, 0.5) is 11.4 Å². The Morgan fingerprint density at radius 3 is 2.07 bits per heavy atom. The Labute approximate surface area is 169 Å². The van der Waals surface area contributed by atoms with E-state index in [9.17, 15) is 0 Å². The van der Waals surface area contributed by atoms with Gasteiger partial charge in [-0.05, 0) is 59.6 Å². The fourth-order valence-electron chi connectivity index (χ4n) is 4.41. The highest BCUT2D eigenvalue weighted by molar-refractivity contribution is 5.88. The molecular formula is C26H33NO. The first-order valence-electron chi connectivity index (χ1n) is 10.4. The van der Waals surface area contributed by atoms with Gasteiger partial charge in [0.15, 0.2) is 0 Å². The number of benzene rings is 2. The van der Waals surface area contributed by atoms with Crippen molar-refractivity contribution in [1.82, 2.24) is 0 Å². The van der Waals surface area contributed by atoms with E-state index in [1.54, 1.807) is 0 Å². The average Bonchev–Trinajstić information content (AvgIpc) is 3.00. The molecule has 0 unspecified atom stereocenters. The highest BCUT2D eigenvalue weighted by atomic mass is 16.3. The fourth-order valence-corrected chi connectivity index (χ4v) is 4.41. The molecule has 2 nitrogen and oxygen atoms in total. The van der Waals surface area contributed by atoms with Gasteiger partial charge < -0.3 is 9.73 Å². The Balaban J connectivity index is 1.73. The van der Waals surface area contributed by atoms with Crippen LogP contribution < -0.4 is 5.32 Å². The van der Waals surface area contributed by atoms with Crippen LogP contribution in [0.3, 0.4) is 0 Å². The van der Waals surface area contributed by atoms with E-state index in [0.717, 1.165) is 23.4 Å². The Kier molecular flexibility index (Phi) is 4.19. The highest BCUT2D eigenvalue weighted by Crippen LogP contribution is 2.50. The van der Waals surface area contributed by atoms with E-state index >= 15 is 0 Å². The first kappa shape index (κ1) is 19.1. The van der Waals surface area contributed by atoms with Crippen molar-refractivity contribution in [2.75, 3.05) is 5.32 Å². The van der Waals surface area contributed by atoms with Gasteiger partial charge in [-0.25, -0.2) is 0 Å². The predicted octanol–water partition coefficient (Wildman–Crippen LogP) is 7.82. The first-order valence-corrected chi connectivity index (χ1v) is 10.4. The Hall–Kier alpha value is -2.22. The van der Waals surface area contributed by atoms with Crippen LogP contribution in [0.15, 0.2) is 46.9 Å². The third kappa shape index (κ3) is 3.23. The van der Waals surface area contributed by atoms with Crippen LogP contribution in [0.25, 0.3) is 11.0 Å². The Bertz CT molecular complexity index is 1010. The summed E-state index contributed by atoms with van der Waals surface area (Å²) in [5.74, 6) is 1.17. The van der Waals surface area contributed by atoms with Gasteiger partial charge in [0.05, 0.1) is 0 Å². The second-order valence-electron chi connectivity index (χ2n) is 10.7. The van der Waals surface area contributed by atoms with E-state index in [-0.39, 0.29) is 16.2 Å². The molecule has 0 bridgehead atoms. The van der Waals surface area contributed by atoms with Gasteiger partial charge in [-0.3, -0.25) is 0 Å². The van der Waals surface area contributed by atoms with Crippen molar-refractivity contribution < 1.29 is 4.42 Å². The minimum Gasteiger partial charge on any atom is -0.460 e. The van der Waals surface area contributed by atoms with Crippen molar-refractivity contribution >= 4 is 22.3 Å². The summed E-state index contributed by atoms with van der Waals surface area (Å²) < 4.78 is 6.37.